The van der Waals surface area contributed by atoms with Crippen molar-refractivity contribution in [2.75, 3.05) is 31.1 Å². The lowest BCUT2D eigenvalue weighted by molar-refractivity contribution is -0.137. The molecule has 1 amide bonds. The van der Waals surface area contributed by atoms with Crippen LogP contribution in [0.5, 0.6) is 0 Å². The third-order valence-electron chi connectivity index (χ3n) is 6.32. The molecule has 0 unspecified atom stereocenters. The van der Waals surface area contributed by atoms with Crippen LogP contribution in [0.2, 0.25) is 0 Å². The molecule has 2 aromatic heterocycles. The molecule has 10 heteroatoms. The first kappa shape index (κ1) is 22.8. The molecule has 0 radical (unpaired) electrons. The van der Waals surface area contributed by atoms with E-state index in [4.69, 9.17) is 0 Å². The number of aryl methyl sites for hydroxylation is 2. The van der Waals surface area contributed by atoms with Crippen LogP contribution in [0.25, 0.3) is 17.0 Å². The molecule has 0 N–H and O–H groups in total. The van der Waals surface area contributed by atoms with Crippen molar-refractivity contribution in [3.8, 4) is 11.3 Å². The molecular formula is C25H23F3N6O. The van der Waals surface area contributed by atoms with Crippen molar-refractivity contribution in [1.82, 2.24) is 24.5 Å². The van der Waals surface area contributed by atoms with Crippen LogP contribution in [0.4, 0.5) is 19.1 Å². The van der Waals surface area contributed by atoms with E-state index in [1.54, 1.807) is 12.1 Å². The molecule has 180 valence electrons. The monoisotopic (exact) mass is 480 g/mol. The highest BCUT2D eigenvalue weighted by molar-refractivity contribution is 5.94. The van der Waals surface area contributed by atoms with E-state index in [0.29, 0.717) is 54.7 Å². The van der Waals surface area contributed by atoms with Crippen molar-refractivity contribution in [3.05, 3.63) is 77.0 Å². The lowest BCUT2D eigenvalue weighted by atomic mass is 10.1. The number of anilines is 1. The van der Waals surface area contributed by atoms with Crippen LogP contribution < -0.4 is 4.90 Å². The molecule has 7 nitrogen and oxygen atoms in total. The number of hydrogen-bond donors (Lipinski definition) is 0. The Kier molecular flexibility index (Phi) is 5.66. The molecule has 0 aliphatic carbocycles. The highest BCUT2D eigenvalue weighted by Crippen LogP contribution is 2.32. The number of carbonyl (C=O) groups excluding carboxylic acids is 1. The zero-order valence-electron chi connectivity index (χ0n) is 19.3. The minimum Gasteiger partial charge on any atom is -0.336 e. The van der Waals surface area contributed by atoms with Crippen molar-refractivity contribution >= 4 is 17.6 Å². The average Bonchev–Trinajstić information content (AvgIpc) is 3.29. The third-order valence-corrected chi connectivity index (χ3v) is 6.32. The van der Waals surface area contributed by atoms with Crippen molar-refractivity contribution in [2.45, 2.75) is 20.0 Å². The van der Waals surface area contributed by atoms with Gasteiger partial charge in [-0.05, 0) is 55.3 Å². The van der Waals surface area contributed by atoms with Gasteiger partial charge in [-0.25, -0.2) is 4.98 Å². The third kappa shape index (κ3) is 4.43. The highest BCUT2D eigenvalue weighted by atomic mass is 19.4. The largest absolute Gasteiger partial charge is 0.416 e. The van der Waals surface area contributed by atoms with Gasteiger partial charge in [0, 0.05) is 43.5 Å². The van der Waals surface area contributed by atoms with Gasteiger partial charge in [0.05, 0.1) is 11.3 Å². The molecule has 0 bridgehead atoms. The summed E-state index contributed by atoms with van der Waals surface area (Å²) in [5.41, 5.74) is 2.98. The summed E-state index contributed by atoms with van der Waals surface area (Å²) >= 11 is 0. The van der Waals surface area contributed by atoms with Crippen LogP contribution in [-0.4, -0.2) is 56.6 Å². The average molecular weight is 480 g/mol. The number of nitrogens with zero attached hydrogens (tertiary/aromatic N) is 6. The first-order valence-electron chi connectivity index (χ1n) is 11.2. The first-order chi connectivity index (χ1) is 16.7. The molecule has 5 rings (SSSR count). The summed E-state index contributed by atoms with van der Waals surface area (Å²) in [5.74, 6) is 0.711. The first-order valence-corrected chi connectivity index (χ1v) is 11.2. The number of alkyl halides is 3. The van der Waals surface area contributed by atoms with E-state index < -0.39 is 11.7 Å². The molecule has 3 heterocycles. The fraction of sp³-hybridized carbons (Fsp3) is 0.280. The summed E-state index contributed by atoms with van der Waals surface area (Å²) in [7, 11) is 0. The number of aromatic nitrogens is 4. The van der Waals surface area contributed by atoms with Gasteiger partial charge in [0.1, 0.15) is 0 Å². The number of hydrogen-bond acceptors (Lipinski definition) is 5. The van der Waals surface area contributed by atoms with Gasteiger partial charge in [0.15, 0.2) is 0 Å². The maximum atomic E-state index is 13.2. The van der Waals surface area contributed by atoms with Crippen LogP contribution in [0.3, 0.4) is 0 Å². The van der Waals surface area contributed by atoms with Crippen LogP contribution in [-0.2, 0) is 6.18 Å². The summed E-state index contributed by atoms with van der Waals surface area (Å²) in [4.78, 5) is 25.4. The molecular weight excluding hydrogens is 457 g/mol. The van der Waals surface area contributed by atoms with E-state index >= 15 is 0 Å². The second-order valence-electron chi connectivity index (χ2n) is 8.61. The van der Waals surface area contributed by atoms with E-state index in [1.807, 2.05) is 41.8 Å². The molecule has 1 aliphatic rings. The van der Waals surface area contributed by atoms with Gasteiger partial charge >= 0.3 is 6.18 Å². The quantitative estimate of drug-likeness (QED) is 0.435. The van der Waals surface area contributed by atoms with Gasteiger partial charge in [-0.2, -0.15) is 22.7 Å². The summed E-state index contributed by atoms with van der Waals surface area (Å²) < 4.78 is 41.0. The molecule has 1 aliphatic heterocycles. The van der Waals surface area contributed by atoms with E-state index in [2.05, 4.69) is 15.1 Å². The second-order valence-corrected chi connectivity index (χ2v) is 8.61. The Hall–Kier alpha value is -3.95. The number of amides is 1. The molecule has 0 spiro atoms. The Morgan fingerprint density at radius 3 is 2.43 bits per heavy atom. The van der Waals surface area contributed by atoms with Crippen LogP contribution in [0.15, 0.2) is 54.7 Å². The number of halogens is 3. The van der Waals surface area contributed by atoms with Crippen LogP contribution in [0.1, 0.15) is 27.0 Å². The normalized spacial score (nSPS) is 14.5. The van der Waals surface area contributed by atoms with Gasteiger partial charge in [-0.3, -0.25) is 4.79 Å². The van der Waals surface area contributed by atoms with E-state index in [9.17, 15) is 18.0 Å². The number of rotatable bonds is 3. The van der Waals surface area contributed by atoms with Crippen LogP contribution in [0, 0.1) is 13.8 Å². The summed E-state index contributed by atoms with van der Waals surface area (Å²) in [5, 5.41) is 4.54. The van der Waals surface area contributed by atoms with Crippen molar-refractivity contribution < 1.29 is 18.0 Å². The van der Waals surface area contributed by atoms with Gasteiger partial charge in [-0.15, -0.1) is 5.10 Å². The van der Waals surface area contributed by atoms with Gasteiger partial charge in [-0.1, -0.05) is 18.2 Å². The Balaban J connectivity index is 1.36. The van der Waals surface area contributed by atoms with E-state index in [1.165, 1.54) is 16.8 Å². The van der Waals surface area contributed by atoms with Gasteiger partial charge < -0.3 is 9.80 Å². The molecule has 35 heavy (non-hydrogen) atoms. The molecule has 1 fully saturated rings. The van der Waals surface area contributed by atoms with Gasteiger partial charge in [0.2, 0.25) is 5.95 Å². The maximum Gasteiger partial charge on any atom is 0.416 e. The minimum atomic E-state index is -4.44. The predicted molar refractivity (Wildman–Crippen MR) is 125 cm³/mol. The Morgan fingerprint density at radius 1 is 0.943 bits per heavy atom. The smallest absolute Gasteiger partial charge is 0.336 e. The topological polar surface area (TPSA) is 66.6 Å². The zero-order valence-corrected chi connectivity index (χ0v) is 19.3. The fourth-order valence-corrected chi connectivity index (χ4v) is 4.16. The van der Waals surface area contributed by atoms with Gasteiger partial charge in [0.25, 0.3) is 11.7 Å². The summed E-state index contributed by atoms with van der Waals surface area (Å²) in [6.07, 6.45) is -2.94. The molecule has 0 atom stereocenters. The molecule has 4 aromatic rings. The second kappa shape index (κ2) is 8.68. The highest BCUT2D eigenvalue weighted by Gasteiger charge is 2.31. The number of benzene rings is 2. The zero-order chi connectivity index (χ0) is 24.7. The Bertz CT molecular complexity index is 1410. The Labute approximate surface area is 199 Å². The summed E-state index contributed by atoms with van der Waals surface area (Å²) in [6.45, 7) is 6.08. The number of carbonyl (C=O) groups is 1. The lowest BCUT2D eigenvalue weighted by Crippen LogP contribution is -2.49. The standard InChI is InChI=1S/C25H23F3N6O/c1-16-6-7-19(14-17(16)2)22(35)32-10-12-33(13-11-32)24-30-23-29-9-8-21(34(23)31-24)18-4-3-5-20(15-18)25(26,27)28/h3-9,14-15H,10-13H2,1-2H3. The van der Waals surface area contributed by atoms with Crippen molar-refractivity contribution in [1.29, 1.82) is 0 Å². The number of fused-ring (bicyclic) bond motifs is 1. The molecule has 1 saturated heterocycles. The van der Waals surface area contributed by atoms with E-state index in [0.717, 1.165) is 23.3 Å². The minimum absolute atomic E-state index is 0.00999. The predicted octanol–water partition coefficient (Wildman–Crippen LogP) is 4.39. The molecule has 0 saturated carbocycles. The lowest BCUT2D eigenvalue weighted by Gasteiger charge is -2.34. The SMILES string of the molecule is Cc1ccc(C(=O)N2CCN(c3nc4nccc(-c5cccc(C(F)(F)F)c5)n4n3)CC2)cc1C. The van der Waals surface area contributed by atoms with Crippen LogP contribution >= 0.6 is 0 Å². The maximum absolute atomic E-state index is 13.2. The van der Waals surface area contributed by atoms with E-state index in [-0.39, 0.29) is 5.91 Å². The fourth-order valence-electron chi connectivity index (χ4n) is 4.16. The summed E-state index contributed by atoms with van der Waals surface area (Å²) in [6, 6.07) is 12.4. The molecule has 2 aromatic carbocycles. The number of piperazine rings is 1. The van der Waals surface area contributed by atoms with Crippen molar-refractivity contribution in [3.63, 3.8) is 0 Å². The van der Waals surface area contributed by atoms with Crippen molar-refractivity contribution in [2.24, 2.45) is 0 Å². The Morgan fingerprint density at radius 2 is 1.71 bits per heavy atom.